The summed E-state index contributed by atoms with van der Waals surface area (Å²) in [7, 11) is 0. The van der Waals surface area contributed by atoms with Gasteiger partial charge in [-0.05, 0) is 12.1 Å². The molecular formula is C10H4O7. The van der Waals surface area contributed by atoms with E-state index in [-0.39, 0.29) is 11.1 Å². The minimum Gasteiger partial charge on any atom is -0.478 e. The van der Waals surface area contributed by atoms with Crippen LogP contribution in [0.1, 0.15) is 41.4 Å². The molecule has 0 bridgehead atoms. The second kappa shape index (κ2) is 3.41. The van der Waals surface area contributed by atoms with Gasteiger partial charge in [-0.3, -0.25) is 0 Å². The van der Waals surface area contributed by atoms with Gasteiger partial charge in [0.05, 0.1) is 22.3 Å². The average molecular weight is 236 g/mol. The summed E-state index contributed by atoms with van der Waals surface area (Å²) in [5, 5.41) is 17.6. The summed E-state index contributed by atoms with van der Waals surface area (Å²) in [5.74, 6) is -4.97. The van der Waals surface area contributed by atoms with Crippen molar-refractivity contribution in [3.05, 3.63) is 34.4 Å². The first-order valence-electron chi connectivity index (χ1n) is 4.33. The zero-order valence-corrected chi connectivity index (χ0v) is 8.09. The summed E-state index contributed by atoms with van der Waals surface area (Å²) in [6, 6.07) is 1.66. The van der Waals surface area contributed by atoms with Crippen LogP contribution in [-0.2, 0) is 4.74 Å². The molecule has 0 saturated carbocycles. The number of hydrogen-bond donors (Lipinski definition) is 2. The SMILES string of the molecule is O=C(O)c1cc2c(cc1C(=O)O)C(=O)OC2=O. The predicted octanol–water partition coefficient (Wildman–Crippen LogP) is 0.394. The molecule has 1 aliphatic rings. The largest absolute Gasteiger partial charge is 0.478 e. The van der Waals surface area contributed by atoms with Gasteiger partial charge in [-0.15, -0.1) is 0 Å². The Morgan fingerprint density at radius 1 is 0.882 bits per heavy atom. The molecule has 0 fully saturated rings. The molecular weight excluding hydrogens is 232 g/mol. The third kappa shape index (κ3) is 1.53. The first kappa shape index (κ1) is 10.8. The topological polar surface area (TPSA) is 118 Å². The Bertz CT molecular complexity index is 534. The van der Waals surface area contributed by atoms with Gasteiger partial charge in [0.2, 0.25) is 0 Å². The summed E-state index contributed by atoms with van der Waals surface area (Å²) in [6.07, 6.45) is 0. The molecule has 0 saturated heterocycles. The summed E-state index contributed by atoms with van der Waals surface area (Å²) in [5.41, 5.74) is -1.61. The number of esters is 2. The minimum atomic E-state index is -1.50. The van der Waals surface area contributed by atoms with Gasteiger partial charge in [-0.2, -0.15) is 0 Å². The number of benzene rings is 1. The standard InChI is InChI=1S/C10H4O7/c11-7(12)3-1-5-6(2-4(3)8(13)14)10(16)17-9(5)15/h1-2H,(H,11,12)(H,13,14). The highest BCUT2D eigenvalue weighted by molar-refractivity contribution is 6.17. The van der Waals surface area contributed by atoms with Crippen molar-refractivity contribution < 1.29 is 34.1 Å². The van der Waals surface area contributed by atoms with Crippen molar-refractivity contribution in [2.75, 3.05) is 0 Å². The van der Waals surface area contributed by atoms with Crippen LogP contribution in [-0.4, -0.2) is 34.1 Å². The fourth-order valence-electron chi connectivity index (χ4n) is 1.49. The van der Waals surface area contributed by atoms with Crippen LogP contribution in [0.5, 0.6) is 0 Å². The first-order valence-corrected chi connectivity index (χ1v) is 4.33. The van der Waals surface area contributed by atoms with Crippen molar-refractivity contribution in [1.82, 2.24) is 0 Å². The first-order chi connectivity index (χ1) is 7.91. The van der Waals surface area contributed by atoms with Crippen LogP contribution in [0.2, 0.25) is 0 Å². The molecule has 1 aromatic rings. The lowest BCUT2D eigenvalue weighted by atomic mass is 9.99. The zero-order valence-electron chi connectivity index (χ0n) is 8.09. The number of carbonyl (C=O) groups is 4. The quantitative estimate of drug-likeness (QED) is 0.563. The number of aromatic carboxylic acids is 2. The van der Waals surface area contributed by atoms with E-state index in [9.17, 15) is 19.2 Å². The summed E-state index contributed by atoms with van der Waals surface area (Å²) in [4.78, 5) is 43.9. The smallest absolute Gasteiger partial charge is 0.346 e. The number of hydrogen-bond acceptors (Lipinski definition) is 5. The van der Waals surface area contributed by atoms with E-state index in [0.29, 0.717) is 0 Å². The highest BCUT2D eigenvalue weighted by Crippen LogP contribution is 2.24. The van der Waals surface area contributed by atoms with Gasteiger partial charge in [-0.25, -0.2) is 19.2 Å². The molecule has 0 atom stereocenters. The maximum absolute atomic E-state index is 11.1. The Morgan fingerprint density at radius 3 is 1.53 bits per heavy atom. The fraction of sp³-hybridized carbons (Fsp3) is 0. The summed E-state index contributed by atoms with van der Waals surface area (Å²) < 4.78 is 4.24. The van der Waals surface area contributed by atoms with Crippen LogP contribution in [0.25, 0.3) is 0 Å². The van der Waals surface area contributed by atoms with Crippen LogP contribution < -0.4 is 0 Å². The van der Waals surface area contributed by atoms with E-state index in [4.69, 9.17) is 10.2 Å². The minimum absolute atomic E-state index is 0.239. The monoisotopic (exact) mass is 236 g/mol. The van der Waals surface area contributed by atoms with Crippen molar-refractivity contribution in [3.8, 4) is 0 Å². The van der Waals surface area contributed by atoms with Gasteiger partial charge in [0.1, 0.15) is 0 Å². The number of fused-ring (bicyclic) bond motifs is 1. The van der Waals surface area contributed by atoms with E-state index in [1.165, 1.54) is 0 Å². The Hall–Kier alpha value is -2.70. The third-order valence-electron chi connectivity index (χ3n) is 2.24. The number of cyclic esters (lactones) is 2. The fourth-order valence-corrected chi connectivity index (χ4v) is 1.49. The highest BCUT2D eigenvalue weighted by Gasteiger charge is 2.33. The number of carbonyl (C=O) groups excluding carboxylic acids is 2. The maximum atomic E-state index is 11.1. The Balaban J connectivity index is 2.76. The Kier molecular flexibility index (Phi) is 2.17. The molecule has 2 rings (SSSR count). The molecule has 0 aromatic heterocycles. The van der Waals surface area contributed by atoms with Gasteiger partial charge >= 0.3 is 23.9 Å². The van der Waals surface area contributed by atoms with Crippen LogP contribution in [0, 0.1) is 0 Å². The molecule has 0 aliphatic carbocycles. The molecule has 2 N–H and O–H groups in total. The van der Waals surface area contributed by atoms with E-state index in [1.807, 2.05) is 0 Å². The maximum Gasteiger partial charge on any atom is 0.346 e. The molecule has 7 nitrogen and oxygen atoms in total. The molecule has 7 heteroatoms. The molecule has 86 valence electrons. The molecule has 1 aromatic carbocycles. The predicted molar refractivity (Wildman–Crippen MR) is 50.1 cm³/mol. The molecule has 1 heterocycles. The Morgan fingerprint density at radius 2 is 1.24 bits per heavy atom. The zero-order chi connectivity index (χ0) is 12.7. The van der Waals surface area contributed by atoms with Crippen LogP contribution in [0.4, 0.5) is 0 Å². The third-order valence-corrected chi connectivity index (χ3v) is 2.24. The van der Waals surface area contributed by atoms with E-state index in [1.54, 1.807) is 0 Å². The highest BCUT2D eigenvalue weighted by atomic mass is 16.6. The van der Waals surface area contributed by atoms with Gasteiger partial charge in [-0.1, -0.05) is 0 Å². The van der Waals surface area contributed by atoms with Crippen LogP contribution in [0.15, 0.2) is 12.1 Å². The Labute approximate surface area is 93.2 Å². The van der Waals surface area contributed by atoms with E-state index in [2.05, 4.69) is 4.74 Å². The lowest BCUT2D eigenvalue weighted by Crippen LogP contribution is -2.10. The molecule has 0 spiro atoms. The van der Waals surface area contributed by atoms with E-state index in [0.717, 1.165) is 12.1 Å². The molecule has 0 amide bonds. The van der Waals surface area contributed by atoms with Gasteiger partial charge in [0.15, 0.2) is 0 Å². The second-order valence-corrected chi connectivity index (χ2v) is 3.23. The summed E-state index contributed by atoms with van der Waals surface area (Å²) in [6.45, 7) is 0. The number of carboxylic acids is 2. The van der Waals surface area contributed by atoms with Crippen LogP contribution in [0.3, 0.4) is 0 Å². The van der Waals surface area contributed by atoms with Crippen molar-refractivity contribution in [3.63, 3.8) is 0 Å². The van der Waals surface area contributed by atoms with Crippen molar-refractivity contribution in [2.24, 2.45) is 0 Å². The summed E-state index contributed by atoms with van der Waals surface area (Å²) >= 11 is 0. The molecule has 0 unspecified atom stereocenters. The number of carboxylic acid groups (broad SMARTS) is 2. The van der Waals surface area contributed by atoms with Crippen LogP contribution >= 0.6 is 0 Å². The van der Waals surface area contributed by atoms with Gasteiger partial charge < -0.3 is 14.9 Å². The average Bonchev–Trinajstić information content (AvgIpc) is 2.52. The molecule has 1 aliphatic heterocycles. The normalized spacial score (nSPS) is 13.2. The van der Waals surface area contributed by atoms with Crippen molar-refractivity contribution >= 4 is 23.9 Å². The van der Waals surface area contributed by atoms with Gasteiger partial charge in [0.25, 0.3) is 0 Å². The number of rotatable bonds is 2. The van der Waals surface area contributed by atoms with Gasteiger partial charge in [0, 0.05) is 0 Å². The molecule has 17 heavy (non-hydrogen) atoms. The number of ether oxygens (including phenoxy) is 1. The van der Waals surface area contributed by atoms with E-state index >= 15 is 0 Å². The van der Waals surface area contributed by atoms with Crippen molar-refractivity contribution in [1.29, 1.82) is 0 Å². The molecule has 0 radical (unpaired) electrons. The van der Waals surface area contributed by atoms with Crippen molar-refractivity contribution in [2.45, 2.75) is 0 Å². The van der Waals surface area contributed by atoms with E-state index < -0.39 is 35.0 Å². The lowest BCUT2D eigenvalue weighted by molar-refractivity contribution is 0.0443. The second-order valence-electron chi connectivity index (χ2n) is 3.23. The lowest BCUT2D eigenvalue weighted by Gasteiger charge is -2.02.